The molecule has 0 saturated heterocycles. The average molecular weight is 360 g/mol. The molecule has 0 atom stereocenters. The molecule has 1 heteroatoms. The van der Waals surface area contributed by atoms with Crippen LogP contribution in [0, 0.1) is 0 Å². The first-order valence-electron chi connectivity index (χ1n) is 9.59. The fourth-order valence-electron chi connectivity index (χ4n) is 3.87. The topological polar surface area (TPSA) is 13.1 Å². The molecule has 0 radical (unpaired) electrons. The van der Waals surface area contributed by atoms with Gasteiger partial charge in [-0.05, 0) is 28.3 Å². The standard InChI is InChI=1S/C27H20O/c1-4-11-20(12-5-1)19-25-26(22-15-8-3-9-16-22)27-23(17-10-18-24(27)28-25)21-13-6-2-7-14-21/h1-18H,19H2. The summed E-state index contributed by atoms with van der Waals surface area (Å²) < 4.78 is 6.42. The van der Waals surface area contributed by atoms with Gasteiger partial charge in [-0.15, -0.1) is 0 Å². The van der Waals surface area contributed by atoms with Crippen molar-refractivity contribution in [1.29, 1.82) is 0 Å². The summed E-state index contributed by atoms with van der Waals surface area (Å²) in [5, 5.41) is 1.19. The zero-order chi connectivity index (χ0) is 18.8. The second-order valence-electron chi connectivity index (χ2n) is 6.97. The fraction of sp³-hybridized carbons (Fsp3) is 0.0370. The van der Waals surface area contributed by atoms with Gasteiger partial charge in [-0.25, -0.2) is 0 Å². The van der Waals surface area contributed by atoms with Crippen molar-refractivity contribution in [2.75, 3.05) is 0 Å². The molecule has 0 aliphatic rings. The Balaban J connectivity index is 1.79. The van der Waals surface area contributed by atoms with Crippen molar-refractivity contribution in [1.82, 2.24) is 0 Å². The minimum absolute atomic E-state index is 0.772. The first-order chi connectivity index (χ1) is 13.9. The fourth-order valence-corrected chi connectivity index (χ4v) is 3.87. The molecule has 4 aromatic carbocycles. The van der Waals surface area contributed by atoms with Crippen LogP contribution in [-0.2, 0) is 6.42 Å². The van der Waals surface area contributed by atoms with Crippen LogP contribution in [0.4, 0.5) is 0 Å². The van der Waals surface area contributed by atoms with Crippen molar-refractivity contribution in [3.63, 3.8) is 0 Å². The van der Waals surface area contributed by atoms with Crippen LogP contribution in [0.3, 0.4) is 0 Å². The van der Waals surface area contributed by atoms with Crippen molar-refractivity contribution < 1.29 is 4.42 Å². The third-order valence-electron chi connectivity index (χ3n) is 5.14. The Labute approximate surface area is 164 Å². The third-order valence-corrected chi connectivity index (χ3v) is 5.14. The minimum atomic E-state index is 0.772. The summed E-state index contributed by atoms with van der Waals surface area (Å²) in [6.07, 6.45) is 0.772. The maximum Gasteiger partial charge on any atom is 0.135 e. The predicted octanol–water partition coefficient (Wildman–Crippen LogP) is 7.36. The van der Waals surface area contributed by atoms with Gasteiger partial charge in [0.15, 0.2) is 0 Å². The summed E-state index contributed by atoms with van der Waals surface area (Å²) in [6, 6.07) is 38.0. The van der Waals surface area contributed by atoms with Crippen molar-refractivity contribution in [2.45, 2.75) is 6.42 Å². The van der Waals surface area contributed by atoms with Crippen LogP contribution in [0.2, 0.25) is 0 Å². The van der Waals surface area contributed by atoms with Crippen molar-refractivity contribution in [2.24, 2.45) is 0 Å². The second-order valence-corrected chi connectivity index (χ2v) is 6.97. The number of hydrogen-bond donors (Lipinski definition) is 0. The third kappa shape index (κ3) is 3.01. The summed E-state index contributed by atoms with van der Waals surface area (Å²) >= 11 is 0. The van der Waals surface area contributed by atoms with Crippen molar-refractivity contribution in [3.05, 3.63) is 121 Å². The van der Waals surface area contributed by atoms with Gasteiger partial charge in [-0.1, -0.05) is 103 Å². The first kappa shape index (κ1) is 16.6. The van der Waals surface area contributed by atoms with Crippen molar-refractivity contribution in [3.8, 4) is 22.3 Å². The molecule has 0 unspecified atom stereocenters. The van der Waals surface area contributed by atoms with Crippen LogP contribution < -0.4 is 0 Å². The summed E-state index contributed by atoms with van der Waals surface area (Å²) in [7, 11) is 0. The Hall–Kier alpha value is -3.58. The Morgan fingerprint density at radius 3 is 1.82 bits per heavy atom. The molecule has 0 spiro atoms. The average Bonchev–Trinajstić information content (AvgIpc) is 3.13. The van der Waals surface area contributed by atoms with Gasteiger partial charge in [0.05, 0.1) is 0 Å². The van der Waals surface area contributed by atoms with E-state index in [9.17, 15) is 0 Å². The normalized spacial score (nSPS) is 11.0. The lowest BCUT2D eigenvalue weighted by Gasteiger charge is -2.08. The highest BCUT2D eigenvalue weighted by Gasteiger charge is 2.19. The quantitative estimate of drug-likeness (QED) is 0.326. The summed E-state index contributed by atoms with van der Waals surface area (Å²) in [4.78, 5) is 0. The Morgan fingerprint density at radius 2 is 1.14 bits per heavy atom. The van der Waals surface area contributed by atoms with Crippen LogP contribution in [0.25, 0.3) is 33.2 Å². The zero-order valence-electron chi connectivity index (χ0n) is 15.5. The summed E-state index contributed by atoms with van der Waals surface area (Å²) in [5.41, 5.74) is 6.98. The molecule has 1 aromatic heterocycles. The number of hydrogen-bond acceptors (Lipinski definition) is 1. The van der Waals surface area contributed by atoms with Crippen LogP contribution in [0.5, 0.6) is 0 Å². The molecule has 0 saturated carbocycles. The number of furan rings is 1. The van der Waals surface area contributed by atoms with Gasteiger partial charge >= 0.3 is 0 Å². The maximum atomic E-state index is 6.42. The van der Waals surface area contributed by atoms with E-state index < -0.39 is 0 Å². The molecule has 134 valence electrons. The Bertz CT molecular complexity index is 1200. The molecule has 0 bridgehead atoms. The van der Waals surface area contributed by atoms with Crippen molar-refractivity contribution >= 4 is 11.0 Å². The highest BCUT2D eigenvalue weighted by Crippen LogP contribution is 2.41. The van der Waals surface area contributed by atoms with Gasteiger partial charge in [0, 0.05) is 17.4 Å². The van der Waals surface area contributed by atoms with Gasteiger partial charge in [-0.3, -0.25) is 0 Å². The highest BCUT2D eigenvalue weighted by molar-refractivity contribution is 6.05. The van der Waals surface area contributed by atoms with Gasteiger partial charge in [0.1, 0.15) is 11.3 Å². The lowest BCUT2D eigenvalue weighted by Crippen LogP contribution is -1.89. The van der Waals surface area contributed by atoms with E-state index in [1.165, 1.54) is 33.2 Å². The molecular weight excluding hydrogens is 340 g/mol. The van der Waals surface area contributed by atoms with Crippen LogP contribution >= 0.6 is 0 Å². The van der Waals surface area contributed by atoms with E-state index >= 15 is 0 Å². The van der Waals surface area contributed by atoms with E-state index in [-0.39, 0.29) is 0 Å². The number of fused-ring (bicyclic) bond motifs is 1. The van der Waals surface area contributed by atoms with E-state index in [4.69, 9.17) is 4.42 Å². The molecule has 5 rings (SSSR count). The monoisotopic (exact) mass is 360 g/mol. The molecule has 1 nitrogen and oxygen atoms in total. The predicted molar refractivity (Wildman–Crippen MR) is 116 cm³/mol. The molecule has 0 N–H and O–H groups in total. The largest absolute Gasteiger partial charge is 0.460 e. The van der Waals surface area contributed by atoms with Gasteiger partial charge in [0.25, 0.3) is 0 Å². The smallest absolute Gasteiger partial charge is 0.135 e. The van der Waals surface area contributed by atoms with E-state index in [2.05, 4.69) is 103 Å². The number of benzene rings is 4. The highest BCUT2D eigenvalue weighted by atomic mass is 16.3. The molecule has 0 aliphatic heterocycles. The second kappa shape index (κ2) is 7.21. The van der Waals surface area contributed by atoms with E-state index in [1.807, 2.05) is 6.07 Å². The summed E-state index contributed by atoms with van der Waals surface area (Å²) in [6.45, 7) is 0. The zero-order valence-corrected chi connectivity index (χ0v) is 15.5. The minimum Gasteiger partial charge on any atom is -0.460 e. The Morgan fingerprint density at radius 1 is 0.536 bits per heavy atom. The SMILES string of the molecule is c1ccc(Cc2oc3cccc(-c4ccccc4)c3c2-c2ccccc2)cc1. The lowest BCUT2D eigenvalue weighted by molar-refractivity contribution is 0.564. The van der Waals surface area contributed by atoms with E-state index in [1.54, 1.807) is 0 Å². The Kier molecular flexibility index (Phi) is 4.27. The van der Waals surface area contributed by atoms with E-state index in [0.29, 0.717) is 0 Å². The van der Waals surface area contributed by atoms with Gasteiger partial charge in [0.2, 0.25) is 0 Å². The van der Waals surface area contributed by atoms with Crippen LogP contribution in [0.1, 0.15) is 11.3 Å². The first-order valence-corrected chi connectivity index (χ1v) is 9.59. The maximum absolute atomic E-state index is 6.42. The molecule has 1 heterocycles. The summed E-state index contributed by atoms with van der Waals surface area (Å²) in [5.74, 6) is 1.01. The molecule has 0 amide bonds. The van der Waals surface area contributed by atoms with Crippen LogP contribution in [-0.4, -0.2) is 0 Å². The van der Waals surface area contributed by atoms with Crippen LogP contribution in [0.15, 0.2) is 114 Å². The molecule has 0 fully saturated rings. The lowest BCUT2D eigenvalue weighted by atomic mass is 9.93. The molecule has 5 aromatic rings. The molecular formula is C27H20O. The van der Waals surface area contributed by atoms with Gasteiger partial charge < -0.3 is 4.42 Å². The molecule has 28 heavy (non-hydrogen) atoms. The number of rotatable bonds is 4. The van der Waals surface area contributed by atoms with E-state index in [0.717, 1.165) is 17.8 Å². The van der Waals surface area contributed by atoms with Gasteiger partial charge in [-0.2, -0.15) is 0 Å². The molecule has 0 aliphatic carbocycles.